The predicted octanol–water partition coefficient (Wildman–Crippen LogP) is 7.17. The number of hydrogen-bond acceptors (Lipinski definition) is 2. The summed E-state index contributed by atoms with van der Waals surface area (Å²) in [6.07, 6.45) is 4.72. The van der Waals surface area contributed by atoms with Crippen LogP contribution in [0.5, 0.6) is 5.75 Å². The number of nitrogens with zero attached hydrogens (tertiary/aromatic N) is 1. The Hall–Kier alpha value is -1.37. The molecule has 2 aromatic rings. The number of aryl methyl sites for hydroxylation is 2. The molecule has 2 unspecified atom stereocenters. The summed E-state index contributed by atoms with van der Waals surface area (Å²) in [6, 6.07) is 11.4. The topological polar surface area (TPSA) is 23.5 Å². The Morgan fingerprint density at radius 2 is 1.65 bits per heavy atom. The minimum absolute atomic E-state index is 0.0561. The Morgan fingerprint density at radius 1 is 0.968 bits per heavy atom. The zero-order chi connectivity index (χ0) is 23.4. The van der Waals surface area contributed by atoms with Crippen molar-refractivity contribution >= 4 is 13.9 Å². The molecule has 0 saturated carbocycles. The van der Waals surface area contributed by atoms with E-state index in [1.54, 1.807) is 0 Å². The van der Waals surface area contributed by atoms with Crippen LogP contribution < -0.4 is 5.30 Å². The van der Waals surface area contributed by atoms with Crippen molar-refractivity contribution < 1.29 is 5.11 Å². The van der Waals surface area contributed by atoms with Gasteiger partial charge in [0.1, 0.15) is 5.75 Å². The molecule has 0 saturated heterocycles. The standard InChI is InChI=1S/C28H44NOP/c1-10-11-12-15-28(7,24-18-23(27(4,5)6)17-21(3)26(24)30)31-25-14-13-20(2)16-22(25)19-29(8)9/h13-14,16-18,30-31H,10-12,15,19H2,1-9H3. The van der Waals surface area contributed by atoms with Crippen LogP contribution in [0.1, 0.15) is 88.1 Å². The van der Waals surface area contributed by atoms with Crippen LogP contribution >= 0.6 is 8.58 Å². The smallest absolute Gasteiger partial charge is 0.122 e. The molecule has 172 valence electrons. The second-order valence-corrected chi connectivity index (χ2v) is 12.6. The van der Waals surface area contributed by atoms with E-state index < -0.39 is 0 Å². The zero-order valence-electron chi connectivity index (χ0n) is 21.3. The van der Waals surface area contributed by atoms with Crippen LogP contribution in [0.25, 0.3) is 0 Å². The van der Waals surface area contributed by atoms with Crippen LogP contribution in [0.4, 0.5) is 0 Å². The summed E-state index contributed by atoms with van der Waals surface area (Å²) in [5, 5.41) is 12.6. The highest BCUT2D eigenvalue weighted by atomic mass is 31.1. The first kappa shape index (κ1) is 25.9. The maximum absolute atomic E-state index is 11.2. The fourth-order valence-electron chi connectivity index (χ4n) is 4.24. The van der Waals surface area contributed by atoms with Crippen LogP contribution in [0.2, 0.25) is 0 Å². The van der Waals surface area contributed by atoms with E-state index in [-0.39, 0.29) is 10.6 Å². The van der Waals surface area contributed by atoms with E-state index in [0.29, 0.717) is 14.3 Å². The third kappa shape index (κ3) is 6.80. The van der Waals surface area contributed by atoms with Gasteiger partial charge in [0.05, 0.1) is 0 Å². The first-order chi connectivity index (χ1) is 14.4. The van der Waals surface area contributed by atoms with Crippen molar-refractivity contribution in [2.24, 2.45) is 0 Å². The molecule has 0 aliphatic heterocycles. The summed E-state index contributed by atoms with van der Waals surface area (Å²) in [5.74, 6) is 0.487. The Labute approximate surface area is 193 Å². The lowest BCUT2D eigenvalue weighted by molar-refractivity contribution is 0.403. The lowest BCUT2D eigenvalue weighted by Gasteiger charge is -2.34. The highest BCUT2D eigenvalue weighted by molar-refractivity contribution is 7.48. The van der Waals surface area contributed by atoms with Crippen LogP contribution in [-0.4, -0.2) is 24.1 Å². The Bertz CT molecular complexity index is 881. The quantitative estimate of drug-likeness (QED) is 0.329. The molecule has 0 radical (unpaired) electrons. The molecule has 2 nitrogen and oxygen atoms in total. The summed E-state index contributed by atoms with van der Waals surface area (Å²) < 4.78 is 0. The SMILES string of the molecule is CCCCCC(C)(Pc1ccc(C)cc1CN(C)C)c1cc(C(C)(C)C)cc(C)c1O. The Kier molecular flexibility index (Phi) is 8.77. The first-order valence-corrected chi connectivity index (χ1v) is 12.7. The van der Waals surface area contributed by atoms with Gasteiger partial charge in [-0.2, -0.15) is 0 Å². The van der Waals surface area contributed by atoms with Gasteiger partial charge < -0.3 is 10.0 Å². The van der Waals surface area contributed by atoms with E-state index in [1.807, 2.05) is 6.92 Å². The van der Waals surface area contributed by atoms with Crippen molar-refractivity contribution in [3.63, 3.8) is 0 Å². The molecule has 0 aromatic heterocycles. The van der Waals surface area contributed by atoms with Crippen molar-refractivity contribution in [1.82, 2.24) is 4.90 Å². The van der Waals surface area contributed by atoms with Gasteiger partial charge in [-0.3, -0.25) is 0 Å². The summed E-state index contributed by atoms with van der Waals surface area (Å²) >= 11 is 0. The van der Waals surface area contributed by atoms with Gasteiger partial charge in [-0.05, 0) is 61.8 Å². The molecule has 0 heterocycles. The second kappa shape index (κ2) is 10.5. The van der Waals surface area contributed by atoms with E-state index >= 15 is 0 Å². The third-order valence-corrected chi connectivity index (χ3v) is 8.03. The largest absolute Gasteiger partial charge is 0.507 e. The van der Waals surface area contributed by atoms with Crippen LogP contribution in [0.3, 0.4) is 0 Å². The molecule has 0 amide bonds. The minimum Gasteiger partial charge on any atom is -0.507 e. The number of unbranched alkanes of at least 4 members (excludes halogenated alkanes) is 2. The van der Waals surface area contributed by atoms with E-state index in [0.717, 1.165) is 24.1 Å². The Balaban J connectivity index is 2.60. The monoisotopic (exact) mass is 441 g/mol. The molecule has 0 fully saturated rings. The van der Waals surface area contributed by atoms with Crippen molar-refractivity contribution in [3.05, 3.63) is 58.1 Å². The fraction of sp³-hybridized carbons (Fsp3) is 0.571. The highest BCUT2D eigenvalue weighted by Gasteiger charge is 2.32. The van der Waals surface area contributed by atoms with E-state index in [4.69, 9.17) is 0 Å². The molecule has 2 aromatic carbocycles. The fourth-order valence-corrected chi connectivity index (χ4v) is 5.94. The highest BCUT2D eigenvalue weighted by Crippen LogP contribution is 2.50. The minimum atomic E-state index is -0.0818. The number of aromatic hydroxyl groups is 1. The van der Waals surface area contributed by atoms with Gasteiger partial charge in [-0.15, -0.1) is 0 Å². The van der Waals surface area contributed by atoms with Crippen LogP contribution in [0, 0.1) is 13.8 Å². The molecule has 31 heavy (non-hydrogen) atoms. The molecule has 2 atom stereocenters. The summed E-state index contributed by atoms with van der Waals surface area (Å²) in [7, 11) is 4.89. The average molecular weight is 442 g/mol. The van der Waals surface area contributed by atoms with Crippen LogP contribution in [0.15, 0.2) is 30.3 Å². The number of rotatable bonds is 9. The van der Waals surface area contributed by atoms with Gasteiger partial charge >= 0.3 is 0 Å². The van der Waals surface area contributed by atoms with Gasteiger partial charge in [-0.1, -0.05) is 98.4 Å². The normalized spacial score (nSPS) is 14.5. The lowest BCUT2D eigenvalue weighted by Crippen LogP contribution is -2.24. The van der Waals surface area contributed by atoms with E-state index in [2.05, 4.69) is 90.9 Å². The summed E-state index contributed by atoms with van der Waals surface area (Å²) in [4.78, 5) is 2.25. The van der Waals surface area contributed by atoms with E-state index in [9.17, 15) is 5.11 Å². The molecule has 0 aliphatic rings. The maximum atomic E-state index is 11.2. The van der Waals surface area contributed by atoms with Gasteiger partial charge in [0.2, 0.25) is 0 Å². The molecule has 1 N–H and O–H groups in total. The summed E-state index contributed by atoms with van der Waals surface area (Å²) in [5.41, 5.74) is 6.21. The van der Waals surface area contributed by atoms with Gasteiger partial charge in [0.15, 0.2) is 0 Å². The number of phenols is 1. The first-order valence-electron chi connectivity index (χ1n) is 11.7. The number of hydrogen-bond donors (Lipinski definition) is 1. The molecular weight excluding hydrogens is 397 g/mol. The van der Waals surface area contributed by atoms with Crippen molar-refractivity contribution in [3.8, 4) is 5.75 Å². The second-order valence-electron chi connectivity index (χ2n) is 10.8. The van der Waals surface area contributed by atoms with Gasteiger partial charge in [0.25, 0.3) is 0 Å². The van der Waals surface area contributed by atoms with E-state index in [1.165, 1.54) is 41.3 Å². The molecular formula is C28H44NOP. The maximum Gasteiger partial charge on any atom is 0.122 e. The third-order valence-electron chi connectivity index (χ3n) is 6.20. The lowest BCUT2D eigenvalue weighted by atomic mass is 9.82. The molecule has 0 aliphatic carbocycles. The van der Waals surface area contributed by atoms with Crippen molar-refractivity contribution in [2.75, 3.05) is 14.1 Å². The molecule has 3 heteroatoms. The van der Waals surface area contributed by atoms with Gasteiger partial charge in [-0.25, -0.2) is 0 Å². The van der Waals surface area contributed by atoms with Crippen molar-refractivity contribution in [2.45, 2.75) is 91.3 Å². The van der Waals surface area contributed by atoms with Crippen molar-refractivity contribution in [1.29, 1.82) is 0 Å². The Morgan fingerprint density at radius 3 is 2.23 bits per heavy atom. The predicted molar refractivity (Wildman–Crippen MR) is 140 cm³/mol. The summed E-state index contributed by atoms with van der Waals surface area (Å²) in [6.45, 7) is 16.6. The number of phenolic OH excluding ortho intramolecular Hbond substituents is 1. The average Bonchev–Trinajstić information content (AvgIpc) is 2.65. The number of benzene rings is 2. The molecule has 0 bridgehead atoms. The van der Waals surface area contributed by atoms with Gasteiger partial charge in [0, 0.05) is 17.3 Å². The molecule has 0 spiro atoms. The molecule has 2 rings (SSSR count). The zero-order valence-corrected chi connectivity index (χ0v) is 22.3. The van der Waals surface area contributed by atoms with Crippen LogP contribution in [-0.2, 0) is 17.1 Å².